The third-order valence-electron chi connectivity index (χ3n) is 3.28. The van der Waals surface area contributed by atoms with Crippen molar-refractivity contribution >= 4 is 23.2 Å². The molecule has 0 radical (unpaired) electrons. The van der Waals surface area contributed by atoms with Gasteiger partial charge in [0, 0.05) is 18.3 Å². The molecule has 2 rings (SSSR count). The second-order valence-corrected chi connectivity index (χ2v) is 5.15. The fourth-order valence-corrected chi connectivity index (χ4v) is 2.40. The SMILES string of the molecule is CC(=O)Nc1cccc(NC(=O)CN2CCCCC2)c1. The number of anilines is 2. The minimum absolute atomic E-state index is 0.00752. The van der Waals surface area contributed by atoms with Crippen LogP contribution in [0.5, 0.6) is 0 Å². The Morgan fingerprint density at radius 2 is 1.75 bits per heavy atom. The summed E-state index contributed by atoms with van der Waals surface area (Å²) in [6.07, 6.45) is 3.60. The zero-order chi connectivity index (χ0) is 14.4. The Kier molecular flexibility index (Phi) is 5.12. The number of hydrogen-bond donors (Lipinski definition) is 2. The summed E-state index contributed by atoms with van der Waals surface area (Å²) in [5, 5.41) is 5.57. The van der Waals surface area contributed by atoms with Crippen LogP contribution in [0.15, 0.2) is 24.3 Å². The van der Waals surface area contributed by atoms with Gasteiger partial charge in [0.1, 0.15) is 0 Å². The summed E-state index contributed by atoms with van der Waals surface area (Å²) in [4.78, 5) is 25.2. The lowest BCUT2D eigenvalue weighted by atomic mass is 10.1. The highest BCUT2D eigenvalue weighted by Gasteiger charge is 2.13. The van der Waals surface area contributed by atoms with Gasteiger partial charge in [0.2, 0.25) is 11.8 Å². The Balaban J connectivity index is 1.88. The van der Waals surface area contributed by atoms with Crippen molar-refractivity contribution in [2.45, 2.75) is 26.2 Å². The molecule has 108 valence electrons. The minimum atomic E-state index is -0.123. The number of nitrogens with one attached hydrogen (secondary N) is 2. The molecule has 0 saturated carbocycles. The molecule has 1 heterocycles. The molecule has 0 unspecified atom stereocenters. The Hall–Kier alpha value is -1.88. The molecular formula is C15H21N3O2. The standard InChI is InChI=1S/C15H21N3O2/c1-12(19)16-13-6-5-7-14(10-13)17-15(20)11-18-8-3-2-4-9-18/h5-7,10H,2-4,8-9,11H2,1H3,(H,16,19)(H,17,20). The first-order valence-electron chi connectivity index (χ1n) is 7.03. The Bertz CT molecular complexity index is 482. The number of carbonyl (C=O) groups excluding carboxylic acids is 2. The van der Waals surface area contributed by atoms with E-state index in [-0.39, 0.29) is 11.8 Å². The average Bonchev–Trinajstić information content (AvgIpc) is 2.39. The molecule has 2 N–H and O–H groups in total. The van der Waals surface area contributed by atoms with Gasteiger partial charge in [-0.25, -0.2) is 0 Å². The molecule has 2 amide bonds. The average molecular weight is 275 g/mol. The van der Waals surface area contributed by atoms with Crippen molar-refractivity contribution in [1.82, 2.24) is 4.90 Å². The molecule has 1 saturated heterocycles. The van der Waals surface area contributed by atoms with Gasteiger partial charge >= 0.3 is 0 Å². The molecule has 0 spiro atoms. The van der Waals surface area contributed by atoms with Crippen molar-refractivity contribution in [1.29, 1.82) is 0 Å². The van der Waals surface area contributed by atoms with E-state index in [0.29, 0.717) is 17.9 Å². The van der Waals surface area contributed by atoms with E-state index in [1.807, 2.05) is 12.1 Å². The lowest BCUT2D eigenvalue weighted by molar-refractivity contribution is -0.117. The van der Waals surface area contributed by atoms with Gasteiger partial charge in [0.15, 0.2) is 0 Å². The fourth-order valence-electron chi connectivity index (χ4n) is 2.40. The van der Waals surface area contributed by atoms with Crippen molar-refractivity contribution in [2.75, 3.05) is 30.3 Å². The van der Waals surface area contributed by atoms with Gasteiger partial charge in [-0.1, -0.05) is 12.5 Å². The molecule has 5 nitrogen and oxygen atoms in total. The number of hydrogen-bond acceptors (Lipinski definition) is 3. The van der Waals surface area contributed by atoms with Crippen LogP contribution in [0.3, 0.4) is 0 Å². The highest BCUT2D eigenvalue weighted by atomic mass is 16.2. The fraction of sp³-hybridized carbons (Fsp3) is 0.467. The van der Waals surface area contributed by atoms with Gasteiger partial charge in [-0.2, -0.15) is 0 Å². The number of likely N-dealkylation sites (tertiary alicyclic amines) is 1. The monoisotopic (exact) mass is 275 g/mol. The van der Waals surface area contributed by atoms with Gasteiger partial charge < -0.3 is 10.6 Å². The topological polar surface area (TPSA) is 61.4 Å². The van der Waals surface area contributed by atoms with E-state index in [2.05, 4.69) is 15.5 Å². The number of rotatable bonds is 4. The maximum Gasteiger partial charge on any atom is 0.238 e. The van der Waals surface area contributed by atoms with E-state index in [1.165, 1.54) is 26.2 Å². The van der Waals surface area contributed by atoms with Crippen LogP contribution in [0.4, 0.5) is 11.4 Å². The van der Waals surface area contributed by atoms with E-state index < -0.39 is 0 Å². The molecule has 20 heavy (non-hydrogen) atoms. The number of piperidine rings is 1. The van der Waals surface area contributed by atoms with E-state index in [1.54, 1.807) is 12.1 Å². The highest BCUT2D eigenvalue weighted by molar-refractivity contribution is 5.94. The van der Waals surface area contributed by atoms with Crippen molar-refractivity contribution in [2.24, 2.45) is 0 Å². The summed E-state index contributed by atoms with van der Waals surface area (Å²) < 4.78 is 0. The zero-order valence-electron chi connectivity index (χ0n) is 11.8. The van der Waals surface area contributed by atoms with Crippen LogP contribution in [0, 0.1) is 0 Å². The van der Waals surface area contributed by atoms with Gasteiger partial charge in [0.25, 0.3) is 0 Å². The molecule has 5 heteroatoms. The Morgan fingerprint density at radius 1 is 1.10 bits per heavy atom. The summed E-state index contributed by atoms with van der Waals surface area (Å²) in [6, 6.07) is 7.18. The predicted octanol–water partition coefficient (Wildman–Crippen LogP) is 2.07. The first kappa shape index (κ1) is 14.5. The van der Waals surface area contributed by atoms with E-state index in [0.717, 1.165) is 13.1 Å². The molecule has 0 aliphatic carbocycles. The molecule has 0 atom stereocenters. The summed E-state index contributed by atoms with van der Waals surface area (Å²) in [5.41, 5.74) is 1.39. The van der Waals surface area contributed by atoms with Crippen molar-refractivity contribution < 1.29 is 9.59 Å². The molecule has 0 bridgehead atoms. The van der Waals surface area contributed by atoms with Crippen molar-refractivity contribution in [3.05, 3.63) is 24.3 Å². The quantitative estimate of drug-likeness (QED) is 0.884. The highest BCUT2D eigenvalue weighted by Crippen LogP contribution is 2.15. The number of amides is 2. The van der Waals surface area contributed by atoms with Crippen LogP contribution < -0.4 is 10.6 Å². The van der Waals surface area contributed by atoms with Gasteiger partial charge in [-0.15, -0.1) is 0 Å². The number of nitrogens with zero attached hydrogens (tertiary/aromatic N) is 1. The molecule has 0 aromatic heterocycles. The summed E-state index contributed by atoms with van der Waals surface area (Å²) in [5.74, 6) is -0.131. The van der Waals surface area contributed by atoms with Crippen LogP contribution in [-0.4, -0.2) is 36.3 Å². The lowest BCUT2D eigenvalue weighted by Crippen LogP contribution is -2.36. The summed E-state index contributed by atoms with van der Waals surface area (Å²) in [7, 11) is 0. The maximum absolute atomic E-state index is 12.0. The normalized spacial score (nSPS) is 15.7. The molecule has 1 fully saturated rings. The Morgan fingerprint density at radius 3 is 2.40 bits per heavy atom. The van der Waals surface area contributed by atoms with Gasteiger partial charge in [0.05, 0.1) is 6.54 Å². The molecule has 1 aliphatic rings. The largest absolute Gasteiger partial charge is 0.326 e. The van der Waals surface area contributed by atoms with Crippen molar-refractivity contribution in [3.8, 4) is 0 Å². The van der Waals surface area contributed by atoms with Crippen LogP contribution in [0.25, 0.3) is 0 Å². The van der Waals surface area contributed by atoms with E-state index in [4.69, 9.17) is 0 Å². The van der Waals surface area contributed by atoms with E-state index in [9.17, 15) is 9.59 Å². The third kappa shape index (κ3) is 4.66. The molecular weight excluding hydrogens is 254 g/mol. The summed E-state index contributed by atoms with van der Waals surface area (Å²) in [6.45, 7) is 3.89. The molecule has 1 aromatic rings. The molecule has 1 aliphatic heterocycles. The van der Waals surface area contributed by atoms with Gasteiger partial charge in [-0.3, -0.25) is 14.5 Å². The second kappa shape index (κ2) is 7.05. The maximum atomic E-state index is 12.0. The van der Waals surface area contributed by atoms with Crippen LogP contribution in [0.2, 0.25) is 0 Å². The third-order valence-corrected chi connectivity index (χ3v) is 3.28. The van der Waals surface area contributed by atoms with Crippen LogP contribution in [-0.2, 0) is 9.59 Å². The van der Waals surface area contributed by atoms with Gasteiger partial charge in [-0.05, 0) is 44.1 Å². The summed E-state index contributed by atoms with van der Waals surface area (Å²) >= 11 is 0. The lowest BCUT2D eigenvalue weighted by Gasteiger charge is -2.25. The first-order valence-corrected chi connectivity index (χ1v) is 7.03. The Labute approximate surface area is 119 Å². The second-order valence-electron chi connectivity index (χ2n) is 5.15. The molecule has 1 aromatic carbocycles. The minimum Gasteiger partial charge on any atom is -0.326 e. The van der Waals surface area contributed by atoms with E-state index >= 15 is 0 Å². The zero-order valence-corrected chi connectivity index (χ0v) is 11.8. The predicted molar refractivity (Wildman–Crippen MR) is 79.7 cm³/mol. The number of benzene rings is 1. The van der Waals surface area contributed by atoms with Crippen LogP contribution >= 0.6 is 0 Å². The van der Waals surface area contributed by atoms with Crippen LogP contribution in [0.1, 0.15) is 26.2 Å². The first-order chi connectivity index (χ1) is 9.63. The smallest absolute Gasteiger partial charge is 0.238 e. The number of carbonyl (C=O) groups is 2. The van der Waals surface area contributed by atoms with Crippen molar-refractivity contribution in [3.63, 3.8) is 0 Å².